The molecule has 20 heavy (non-hydrogen) atoms. The highest BCUT2D eigenvalue weighted by molar-refractivity contribution is 7.92. The quantitative estimate of drug-likeness (QED) is 0.934. The second-order valence-electron chi connectivity index (χ2n) is 4.45. The Bertz CT molecular complexity index is 740. The molecule has 3 nitrogen and oxygen atoms in total. The van der Waals surface area contributed by atoms with Gasteiger partial charge in [0.2, 0.25) is 0 Å². The molecule has 2 aromatic carbocycles. The van der Waals surface area contributed by atoms with E-state index in [-0.39, 0.29) is 5.02 Å². The maximum atomic E-state index is 13.7. The summed E-state index contributed by atoms with van der Waals surface area (Å²) in [6, 6.07) is 8.84. The average molecular weight is 314 g/mol. The molecule has 0 bridgehead atoms. The Morgan fingerprint density at radius 1 is 1.10 bits per heavy atom. The van der Waals surface area contributed by atoms with E-state index in [1.54, 1.807) is 26.0 Å². The van der Waals surface area contributed by atoms with Gasteiger partial charge in [-0.3, -0.25) is 4.72 Å². The number of para-hydroxylation sites is 1. The van der Waals surface area contributed by atoms with Gasteiger partial charge in [0, 0.05) is 5.02 Å². The van der Waals surface area contributed by atoms with Crippen LogP contribution in [0.4, 0.5) is 10.1 Å². The lowest BCUT2D eigenvalue weighted by molar-refractivity contribution is 0.570. The first-order valence-electron chi connectivity index (χ1n) is 5.85. The molecule has 0 spiro atoms. The summed E-state index contributed by atoms with van der Waals surface area (Å²) >= 11 is 5.62. The summed E-state index contributed by atoms with van der Waals surface area (Å²) < 4.78 is 40.7. The lowest BCUT2D eigenvalue weighted by atomic mass is 10.1. The molecule has 0 saturated heterocycles. The third kappa shape index (κ3) is 2.94. The highest BCUT2D eigenvalue weighted by Crippen LogP contribution is 2.25. The van der Waals surface area contributed by atoms with Gasteiger partial charge in [0.1, 0.15) is 10.7 Å². The van der Waals surface area contributed by atoms with Crippen LogP contribution in [0.2, 0.25) is 5.02 Å². The summed E-state index contributed by atoms with van der Waals surface area (Å²) in [7, 11) is -3.99. The van der Waals surface area contributed by atoms with Crippen molar-refractivity contribution in [2.75, 3.05) is 4.72 Å². The van der Waals surface area contributed by atoms with Crippen LogP contribution in [0.3, 0.4) is 0 Å². The Morgan fingerprint density at radius 3 is 2.25 bits per heavy atom. The molecule has 0 fully saturated rings. The van der Waals surface area contributed by atoms with Gasteiger partial charge in [0.05, 0.1) is 5.69 Å². The molecule has 0 unspecified atom stereocenters. The number of hydrogen-bond donors (Lipinski definition) is 1. The fourth-order valence-corrected chi connectivity index (χ4v) is 3.28. The van der Waals surface area contributed by atoms with Crippen molar-refractivity contribution >= 4 is 27.3 Å². The summed E-state index contributed by atoms with van der Waals surface area (Å²) in [5.74, 6) is -0.878. The molecule has 0 aliphatic rings. The standard InChI is InChI=1S/C14H13ClFNO2S/c1-9-4-3-5-10(2)14(9)17-20(18,19)13-7-6-11(15)8-12(13)16/h3-8,17H,1-2H3. The topological polar surface area (TPSA) is 46.2 Å². The van der Waals surface area contributed by atoms with Crippen molar-refractivity contribution < 1.29 is 12.8 Å². The van der Waals surface area contributed by atoms with E-state index in [9.17, 15) is 12.8 Å². The summed E-state index contributed by atoms with van der Waals surface area (Å²) in [5, 5.41) is 0.147. The molecule has 0 radical (unpaired) electrons. The third-order valence-corrected chi connectivity index (χ3v) is 4.52. The molecule has 2 rings (SSSR count). The lowest BCUT2D eigenvalue weighted by Crippen LogP contribution is -2.16. The minimum atomic E-state index is -3.99. The fraction of sp³-hybridized carbons (Fsp3) is 0.143. The minimum Gasteiger partial charge on any atom is -0.279 e. The Morgan fingerprint density at radius 2 is 1.70 bits per heavy atom. The number of rotatable bonds is 3. The summed E-state index contributed by atoms with van der Waals surface area (Å²) in [6.45, 7) is 3.56. The van der Waals surface area contributed by atoms with Crippen molar-refractivity contribution in [2.45, 2.75) is 18.7 Å². The van der Waals surface area contributed by atoms with Gasteiger partial charge < -0.3 is 0 Å². The highest BCUT2D eigenvalue weighted by Gasteiger charge is 2.20. The number of benzene rings is 2. The largest absolute Gasteiger partial charge is 0.279 e. The molecule has 6 heteroatoms. The Kier molecular flexibility index (Phi) is 4.01. The molecule has 1 N–H and O–H groups in total. The van der Waals surface area contributed by atoms with Crippen LogP contribution in [-0.2, 0) is 10.0 Å². The van der Waals surface area contributed by atoms with Gasteiger partial charge in [0.25, 0.3) is 10.0 Å². The molecule has 106 valence electrons. The normalized spacial score (nSPS) is 11.4. The molecule has 0 aliphatic carbocycles. The predicted molar refractivity (Wildman–Crippen MR) is 78.1 cm³/mol. The molecule has 2 aromatic rings. The van der Waals surface area contributed by atoms with Gasteiger partial charge in [-0.1, -0.05) is 29.8 Å². The molecule has 0 atom stereocenters. The van der Waals surface area contributed by atoms with Crippen LogP contribution in [0.15, 0.2) is 41.3 Å². The second kappa shape index (κ2) is 5.42. The lowest BCUT2D eigenvalue weighted by Gasteiger charge is -2.13. The Hall–Kier alpha value is -1.59. The number of nitrogens with one attached hydrogen (secondary N) is 1. The van der Waals surface area contributed by atoms with Crippen LogP contribution < -0.4 is 4.72 Å². The van der Waals surface area contributed by atoms with Gasteiger partial charge in [-0.15, -0.1) is 0 Å². The van der Waals surface area contributed by atoms with Crippen LogP contribution in [0.1, 0.15) is 11.1 Å². The zero-order chi connectivity index (χ0) is 14.9. The van der Waals surface area contributed by atoms with E-state index >= 15 is 0 Å². The first kappa shape index (κ1) is 14.8. The molecule has 0 aliphatic heterocycles. The zero-order valence-corrected chi connectivity index (χ0v) is 12.5. The molecule has 0 saturated carbocycles. The number of aryl methyl sites for hydroxylation is 2. The Labute approximate surface area is 122 Å². The van der Waals surface area contributed by atoms with Crippen LogP contribution in [-0.4, -0.2) is 8.42 Å². The van der Waals surface area contributed by atoms with Crippen LogP contribution in [0.5, 0.6) is 0 Å². The molecular weight excluding hydrogens is 301 g/mol. The van der Waals surface area contributed by atoms with Crippen molar-refractivity contribution in [3.63, 3.8) is 0 Å². The minimum absolute atomic E-state index is 0.147. The van der Waals surface area contributed by atoms with Crippen molar-refractivity contribution in [1.29, 1.82) is 0 Å². The van der Waals surface area contributed by atoms with Crippen molar-refractivity contribution in [3.8, 4) is 0 Å². The van der Waals surface area contributed by atoms with Gasteiger partial charge in [0.15, 0.2) is 0 Å². The SMILES string of the molecule is Cc1cccc(C)c1NS(=O)(=O)c1ccc(Cl)cc1F. The van der Waals surface area contributed by atoms with E-state index in [1.807, 2.05) is 6.07 Å². The first-order valence-corrected chi connectivity index (χ1v) is 7.71. The average Bonchev–Trinajstić information content (AvgIpc) is 2.33. The summed E-state index contributed by atoms with van der Waals surface area (Å²) in [5.41, 5.74) is 1.99. The zero-order valence-electron chi connectivity index (χ0n) is 10.9. The first-order chi connectivity index (χ1) is 9.31. The van der Waals surface area contributed by atoms with Crippen LogP contribution >= 0.6 is 11.6 Å². The maximum Gasteiger partial charge on any atom is 0.264 e. The van der Waals surface area contributed by atoms with E-state index in [4.69, 9.17) is 11.6 Å². The van der Waals surface area contributed by atoms with Gasteiger partial charge in [-0.05, 0) is 43.2 Å². The van der Waals surface area contributed by atoms with E-state index < -0.39 is 20.7 Å². The predicted octanol–water partition coefficient (Wildman–Crippen LogP) is 3.90. The van der Waals surface area contributed by atoms with Gasteiger partial charge in [-0.25, -0.2) is 12.8 Å². The third-order valence-electron chi connectivity index (χ3n) is 2.90. The monoisotopic (exact) mass is 313 g/mol. The Balaban J connectivity index is 2.46. The van der Waals surface area contributed by atoms with Gasteiger partial charge in [-0.2, -0.15) is 0 Å². The number of sulfonamides is 1. The van der Waals surface area contributed by atoms with Crippen molar-refractivity contribution in [2.24, 2.45) is 0 Å². The van der Waals surface area contributed by atoms with E-state index in [1.165, 1.54) is 6.07 Å². The molecule has 0 amide bonds. The summed E-state index contributed by atoms with van der Waals surface area (Å²) in [4.78, 5) is -0.426. The van der Waals surface area contributed by atoms with E-state index in [2.05, 4.69) is 4.72 Å². The molecule has 0 heterocycles. The molecule has 0 aromatic heterocycles. The van der Waals surface area contributed by atoms with Gasteiger partial charge >= 0.3 is 0 Å². The number of halogens is 2. The van der Waals surface area contributed by atoms with Crippen LogP contribution in [0.25, 0.3) is 0 Å². The van der Waals surface area contributed by atoms with E-state index in [0.717, 1.165) is 23.3 Å². The smallest absolute Gasteiger partial charge is 0.264 e. The summed E-state index contributed by atoms with van der Waals surface area (Å²) in [6.07, 6.45) is 0. The molecular formula is C14H13ClFNO2S. The van der Waals surface area contributed by atoms with Crippen molar-refractivity contribution in [1.82, 2.24) is 0 Å². The van der Waals surface area contributed by atoms with Crippen LogP contribution in [0, 0.1) is 19.7 Å². The number of hydrogen-bond acceptors (Lipinski definition) is 2. The highest BCUT2D eigenvalue weighted by atomic mass is 35.5. The second-order valence-corrected chi connectivity index (χ2v) is 6.53. The fourth-order valence-electron chi connectivity index (χ4n) is 1.86. The maximum absolute atomic E-state index is 13.7. The number of anilines is 1. The van der Waals surface area contributed by atoms with Crippen molar-refractivity contribution in [3.05, 3.63) is 58.4 Å². The van der Waals surface area contributed by atoms with E-state index in [0.29, 0.717) is 5.69 Å².